The average molecular weight is 327 g/mol. The van der Waals surface area contributed by atoms with Crippen LogP contribution in [0.15, 0.2) is 23.1 Å². The molecule has 1 heterocycles. The van der Waals surface area contributed by atoms with E-state index in [9.17, 15) is 13.2 Å². The van der Waals surface area contributed by atoms with Crippen LogP contribution in [0.1, 0.15) is 25.3 Å². The van der Waals surface area contributed by atoms with Crippen molar-refractivity contribution < 1.29 is 13.2 Å². The number of hydrogen-bond donors (Lipinski definition) is 0. The fraction of sp³-hybridized carbons (Fsp3) is 0.533. The topological polar surface area (TPSA) is 54.5 Å². The highest BCUT2D eigenvalue weighted by atomic mass is 32.2. The largest absolute Gasteiger partial charge is 0.311 e. The molecular weight excluding hydrogens is 306 g/mol. The Morgan fingerprint density at radius 1 is 1.38 bits per heavy atom. The predicted octanol–water partition coefficient (Wildman–Crippen LogP) is 2.51. The Bertz CT molecular complexity index is 626. The van der Waals surface area contributed by atoms with Crippen molar-refractivity contribution in [1.29, 1.82) is 0 Å². The quantitative estimate of drug-likeness (QED) is 0.780. The summed E-state index contributed by atoms with van der Waals surface area (Å²) in [5.41, 5.74) is 1.83. The highest BCUT2D eigenvalue weighted by molar-refractivity contribution is 7.99. The second-order valence-corrected chi connectivity index (χ2v) is 8.39. The molecule has 0 fully saturated rings. The van der Waals surface area contributed by atoms with Crippen molar-refractivity contribution in [3.63, 3.8) is 0 Å². The molecule has 1 aliphatic heterocycles. The van der Waals surface area contributed by atoms with Crippen LogP contribution in [0.5, 0.6) is 0 Å². The summed E-state index contributed by atoms with van der Waals surface area (Å²) < 4.78 is 23.2. The van der Waals surface area contributed by atoms with E-state index in [4.69, 9.17) is 0 Å². The zero-order valence-electron chi connectivity index (χ0n) is 12.5. The summed E-state index contributed by atoms with van der Waals surface area (Å²) in [5.74, 6) is 1.59. The highest BCUT2D eigenvalue weighted by Gasteiger charge is 2.23. The van der Waals surface area contributed by atoms with Crippen molar-refractivity contribution >= 4 is 33.2 Å². The van der Waals surface area contributed by atoms with Gasteiger partial charge in [-0.3, -0.25) is 4.79 Å². The standard InChI is InChI=1S/C15H21NO3S2/c1-3-9-20-11-15(17)16-8-4-5-12-10-13(21(2,18)19)6-7-14(12)16/h6-7,10H,3-5,8-9,11H2,1-2H3. The van der Waals surface area contributed by atoms with Gasteiger partial charge < -0.3 is 4.90 Å². The third kappa shape index (κ3) is 4.01. The zero-order chi connectivity index (χ0) is 15.5. The summed E-state index contributed by atoms with van der Waals surface area (Å²) in [6.07, 6.45) is 3.98. The molecule has 0 spiro atoms. The minimum absolute atomic E-state index is 0.113. The van der Waals surface area contributed by atoms with Crippen molar-refractivity contribution in [1.82, 2.24) is 0 Å². The number of amides is 1. The molecule has 0 N–H and O–H groups in total. The van der Waals surface area contributed by atoms with E-state index in [0.717, 1.165) is 42.8 Å². The maximum Gasteiger partial charge on any atom is 0.236 e. The van der Waals surface area contributed by atoms with E-state index in [-0.39, 0.29) is 5.91 Å². The number of aryl methyl sites for hydroxylation is 1. The van der Waals surface area contributed by atoms with Crippen LogP contribution >= 0.6 is 11.8 Å². The Labute approximate surface area is 130 Å². The summed E-state index contributed by atoms with van der Waals surface area (Å²) >= 11 is 1.65. The molecule has 2 rings (SSSR count). The molecule has 0 unspecified atom stereocenters. The SMILES string of the molecule is CCCSCC(=O)N1CCCc2cc(S(C)(=O)=O)ccc21. The number of thioether (sulfide) groups is 1. The van der Waals surface area contributed by atoms with Gasteiger partial charge in [0.05, 0.1) is 10.6 Å². The van der Waals surface area contributed by atoms with Gasteiger partial charge in [-0.1, -0.05) is 6.92 Å². The van der Waals surface area contributed by atoms with Crippen molar-refractivity contribution in [3.8, 4) is 0 Å². The van der Waals surface area contributed by atoms with Gasteiger partial charge in [-0.2, -0.15) is 11.8 Å². The lowest BCUT2D eigenvalue weighted by molar-refractivity contribution is -0.116. The first-order valence-electron chi connectivity index (χ1n) is 7.14. The Morgan fingerprint density at radius 2 is 2.14 bits per heavy atom. The van der Waals surface area contributed by atoms with Gasteiger partial charge in [0.15, 0.2) is 9.84 Å². The molecule has 0 saturated heterocycles. The van der Waals surface area contributed by atoms with E-state index in [1.165, 1.54) is 6.26 Å². The lowest BCUT2D eigenvalue weighted by atomic mass is 10.0. The molecular formula is C15H21NO3S2. The maximum absolute atomic E-state index is 12.3. The lowest BCUT2D eigenvalue weighted by Gasteiger charge is -2.29. The van der Waals surface area contributed by atoms with Gasteiger partial charge in [-0.25, -0.2) is 8.42 Å². The normalized spacial score (nSPS) is 14.9. The van der Waals surface area contributed by atoms with Gasteiger partial charge in [0.2, 0.25) is 5.91 Å². The number of fused-ring (bicyclic) bond motifs is 1. The molecule has 21 heavy (non-hydrogen) atoms. The van der Waals surface area contributed by atoms with Crippen LogP contribution in [0.25, 0.3) is 0 Å². The Kier molecular flexibility index (Phi) is 5.32. The first-order valence-corrected chi connectivity index (χ1v) is 10.2. The third-order valence-corrected chi connectivity index (χ3v) is 5.73. The number of sulfone groups is 1. The fourth-order valence-corrected chi connectivity index (χ4v) is 3.88. The first-order chi connectivity index (χ1) is 9.93. The molecule has 1 aromatic rings. The number of anilines is 1. The van der Waals surface area contributed by atoms with Crippen molar-refractivity contribution in [2.75, 3.05) is 29.2 Å². The van der Waals surface area contributed by atoms with Crippen LogP contribution in [-0.2, 0) is 21.1 Å². The molecule has 116 valence electrons. The zero-order valence-corrected chi connectivity index (χ0v) is 14.1. The van der Waals surface area contributed by atoms with Crippen LogP contribution in [0.3, 0.4) is 0 Å². The molecule has 0 radical (unpaired) electrons. The average Bonchev–Trinajstić information content (AvgIpc) is 2.45. The van der Waals surface area contributed by atoms with E-state index in [2.05, 4.69) is 6.92 Å². The number of hydrogen-bond acceptors (Lipinski definition) is 4. The van der Waals surface area contributed by atoms with Gasteiger partial charge in [-0.15, -0.1) is 0 Å². The Hall–Kier alpha value is -1.01. The van der Waals surface area contributed by atoms with Gasteiger partial charge in [0.1, 0.15) is 0 Å². The Balaban J connectivity index is 2.22. The van der Waals surface area contributed by atoms with Gasteiger partial charge in [0.25, 0.3) is 0 Å². The van der Waals surface area contributed by atoms with E-state index in [0.29, 0.717) is 10.6 Å². The van der Waals surface area contributed by atoms with Crippen molar-refractivity contribution in [2.45, 2.75) is 31.1 Å². The number of rotatable bonds is 5. The van der Waals surface area contributed by atoms with Crippen LogP contribution in [0.2, 0.25) is 0 Å². The molecule has 0 bridgehead atoms. The lowest BCUT2D eigenvalue weighted by Crippen LogP contribution is -2.36. The summed E-state index contributed by atoms with van der Waals surface area (Å²) in [6, 6.07) is 5.08. The first kappa shape index (κ1) is 16.4. The Morgan fingerprint density at radius 3 is 2.81 bits per heavy atom. The van der Waals surface area contributed by atoms with Crippen LogP contribution in [0.4, 0.5) is 5.69 Å². The molecule has 6 heteroatoms. The number of carbonyl (C=O) groups excluding carboxylic acids is 1. The minimum Gasteiger partial charge on any atom is -0.311 e. The van der Waals surface area contributed by atoms with Gasteiger partial charge in [-0.05, 0) is 48.8 Å². The summed E-state index contributed by atoms with van der Waals surface area (Å²) in [5, 5.41) is 0. The van der Waals surface area contributed by atoms with Crippen molar-refractivity contribution in [2.24, 2.45) is 0 Å². The van der Waals surface area contributed by atoms with E-state index < -0.39 is 9.84 Å². The minimum atomic E-state index is -3.20. The summed E-state index contributed by atoms with van der Waals surface area (Å²) in [6.45, 7) is 2.82. The van der Waals surface area contributed by atoms with Crippen LogP contribution in [0, 0.1) is 0 Å². The second-order valence-electron chi connectivity index (χ2n) is 5.26. The highest BCUT2D eigenvalue weighted by Crippen LogP contribution is 2.30. The van der Waals surface area contributed by atoms with Crippen LogP contribution < -0.4 is 4.90 Å². The summed E-state index contributed by atoms with van der Waals surface area (Å²) in [4.78, 5) is 14.4. The van der Waals surface area contributed by atoms with Crippen LogP contribution in [-0.4, -0.2) is 38.6 Å². The molecule has 1 aromatic carbocycles. The molecule has 1 aliphatic rings. The smallest absolute Gasteiger partial charge is 0.236 e. The monoisotopic (exact) mass is 327 g/mol. The van der Waals surface area contributed by atoms with E-state index in [1.54, 1.807) is 34.9 Å². The molecule has 0 aliphatic carbocycles. The van der Waals surface area contributed by atoms with Gasteiger partial charge in [0, 0.05) is 18.5 Å². The van der Waals surface area contributed by atoms with E-state index in [1.807, 2.05) is 0 Å². The van der Waals surface area contributed by atoms with Gasteiger partial charge >= 0.3 is 0 Å². The molecule has 0 saturated carbocycles. The second kappa shape index (κ2) is 6.83. The third-order valence-electron chi connectivity index (χ3n) is 3.47. The molecule has 4 nitrogen and oxygen atoms in total. The number of benzene rings is 1. The fourth-order valence-electron chi connectivity index (χ4n) is 2.44. The molecule has 0 aromatic heterocycles. The maximum atomic E-state index is 12.3. The summed E-state index contributed by atoms with van der Waals surface area (Å²) in [7, 11) is -3.20. The van der Waals surface area contributed by atoms with E-state index >= 15 is 0 Å². The number of carbonyl (C=O) groups is 1. The molecule has 0 atom stereocenters. The molecule has 1 amide bonds. The number of nitrogens with zero attached hydrogens (tertiary/aromatic N) is 1. The van der Waals surface area contributed by atoms with Crippen molar-refractivity contribution in [3.05, 3.63) is 23.8 Å². The predicted molar refractivity (Wildman–Crippen MR) is 87.8 cm³/mol.